The zero-order valence-corrected chi connectivity index (χ0v) is 20.3. The largest absolute Gasteiger partial charge is 0.480 e. The Balaban J connectivity index is 2.25. The molecular formula is C25H32N4O6. The fourth-order valence-electron chi connectivity index (χ4n) is 2.97. The number of aliphatic carboxylic acids is 1. The summed E-state index contributed by atoms with van der Waals surface area (Å²) < 4.78 is 5.29. The Morgan fingerprint density at radius 1 is 0.914 bits per heavy atom. The number of ether oxygens (including phenoxy) is 1. The van der Waals surface area contributed by atoms with Gasteiger partial charge in [-0.25, -0.2) is 14.6 Å². The maximum Gasteiger partial charge on any atom is 0.408 e. The van der Waals surface area contributed by atoms with Crippen LogP contribution in [-0.4, -0.2) is 51.8 Å². The summed E-state index contributed by atoms with van der Waals surface area (Å²) in [6.07, 6.45) is -0.648. The van der Waals surface area contributed by atoms with Gasteiger partial charge >= 0.3 is 18.1 Å². The van der Waals surface area contributed by atoms with Gasteiger partial charge in [-0.15, -0.1) is 0 Å². The number of carboxylic acid groups (broad SMARTS) is 1. The second-order valence-corrected chi connectivity index (χ2v) is 8.95. The average molecular weight is 485 g/mol. The van der Waals surface area contributed by atoms with Crippen molar-refractivity contribution in [3.05, 3.63) is 71.8 Å². The lowest BCUT2D eigenvalue weighted by atomic mass is 10.1. The molecule has 2 atom stereocenters. The van der Waals surface area contributed by atoms with E-state index in [1.165, 1.54) is 6.92 Å². The maximum atomic E-state index is 13.3. The van der Waals surface area contributed by atoms with Crippen molar-refractivity contribution in [1.82, 2.24) is 21.1 Å². The molecule has 10 nitrogen and oxygen atoms in total. The number of alkyl carbamates (subject to hydrolysis) is 1. The third-order valence-electron chi connectivity index (χ3n) is 4.67. The van der Waals surface area contributed by atoms with E-state index in [1.807, 2.05) is 6.07 Å². The van der Waals surface area contributed by atoms with Gasteiger partial charge in [0.2, 0.25) is 0 Å². The van der Waals surface area contributed by atoms with Crippen LogP contribution < -0.4 is 16.1 Å². The normalized spacial score (nSPS) is 12.6. The molecule has 0 unspecified atom stereocenters. The van der Waals surface area contributed by atoms with Crippen molar-refractivity contribution >= 4 is 24.0 Å². The van der Waals surface area contributed by atoms with Crippen LogP contribution in [0.15, 0.2) is 60.7 Å². The van der Waals surface area contributed by atoms with E-state index in [9.17, 15) is 19.2 Å². The van der Waals surface area contributed by atoms with E-state index < -0.39 is 41.7 Å². The smallest absolute Gasteiger partial charge is 0.408 e. The molecule has 0 saturated heterocycles. The molecule has 0 bridgehead atoms. The van der Waals surface area contributed by atoms with Gasteiger partial charge in [0, 0.05) is 6.42 Å². The van der Waals surface area contributed by atoms with Gasteiger partial charge in [-0.2, -0.15) is 0 Å². The lowest BCUT2D eigenvalue weighted by Gasteiger charge is -2.28. The van der Waals surface area contributed by atoms with E-state index in [1.54, 1.807) is 75.4 Å². The first-order valence-corrected chi connectivity index (χ1v) is 11.1. The monoisotopic (exact) mass is 484 g/mol. The van der Waals surface area contributed by atoms with Gasteiger partial charge in [0.15, 0.2) is 0 Å². The summed E-state index contributed by atoms with van der Waals surface area (Å²) in [7, 11) is 0. The molecule has 0 aliphatic carbocycles. The van der Waals surface area contributed by atoms with E-state index in [4.69, 9.17) is 9.84 Å². The minimum absolute atomic E-state index is 0.0325. The predicted octanol–water partition coefficient (Wildman–Crippen LogP) is 2.84. The van der Waals surface area contributed by atoms with Gasteiger partial charge < -0.3 is 20.5 Å². The van der Waals surface area contributed by atoms with Crippen LogP contribution in [-0.2, 0) is 27.3 Å². The highest BCUT2D eigenvalue weighted by Crippen LogP contribution is 2.10. The average Bonchev–Trinajstić information content (AvgIpc) is 2.78. The van der Waals surface area contributed by atoms with Crippen LogP contribution in [0.25, 0.3) is 0 Å². The number of amides is 4. The van der Waals surface area contributed by atoms with Gasteiger partial charge in [-0.3, -0.25) is 15.0 Å². The maximum absolute atomic E-state index is 13.3. The standard InChI is InChI=1S/C25H32N4O6/c1-17(22(31)32)26-23(33)29(16-19-13-9-6-10-14-19)28-21(30)20(15-18-11-7-5-8-12-18)27-24(34)35-25(2,3)4/h5-14,17,20H,15-16H2,1-4H3,(H,26,33)(H,27,34)(H,28,30)(H,31,32)/t17-,20-/m0/s1. The van der Waals surface area contributed by atoms with Gasteiger partial charge in [0.1, 0.15) is 17.7 Å². The molecule has 4 amide bonds. The molecule has 188 valence electrons. The Kier molecular flexibility index (Phi) is 9.63. The molecule has 2 aromatic carbocycles. The summed E-state index contributed by atoms with van der Waals surface area (Å²) in [6.45, 7) is 6.39. The van der Waals surface area contributed by atoms with Crippen molar-refractivity contribution in [3.8, 4) is 0 Å². The highest BCUT2D eigenvalue weighted by atomic mass is 16.6. The van der Waals surface area contributed by atoms with E-state index in [0.29, 0.717) is 5.56 Å². The quantitative estimate of drug-likeness (QED) is 0.425. The molecule has 0 saturated carbocycles. The summed E-state index contributed by atoms with van der Waals surface area (Å²) >= 11 is 0. The highest BCUT2D eigenvalue weighted by Gasteiger charge is 2.28. The van der Waals surface area contributed by atoms with Gasteiger partial charge in [-0.05, 0) is 38.8 Å². The topological polar surface area (TPSA) is 137 Å². The van der Waals surface area contributed by atoms with E-state index in [2.05, 4.69) is 16.1 Å². The fourth-order valence-corrected chi connectivity index (χ4v) is 2.97. The number of hydrazine groups is 1. The molecule has 0 heterocycles. The first-order chi connectivity index (χ1) is 16.4. The van der Waals surface area contributed by atoms with E-state index >= 15 is 0 Å². The summed E-state index contributed by atoms with van der Waals surface area (Å²) in [5, 5.41) is 15.0. The number of urea groups is 1. The van der Waals surface area contributed by atoms with Crippen LogP contribution >= 0.6 is 0 Å². The molecule has 2 rings (SSSR count). The van der Waals surface area contributed by atoms with Crippen LogP contribution in [0, 0.1) is 0 Å². The first kappa shape index (κ1) is 27.2. The highest BCUT2D eigenvalue weighted by molar-refractivity contribution is 5.88. The lowest BCUT2D eigenvalue weighted by molar-refractivity contribution is -0.138. The molecular weight excluding hydrogens is 452 g/mol. The van der Waals surface area contributed by atoms with Crippen molar-refractivity contribution in [1.29, 1.82) is 0 Å². The first-order valence-electron chi connectivity index (χ1n) is 11.1. The minimum Gasteiger partial charge on any atom is -0.480 e. The molecule has 0 fully saturated rings. The number of nitrogens with one attached hydrogen (secondary N) is 3. The lowest BCUT2D eigenvalue weighted by Crippen LogP contribution is -2.58. The molecule has 0 aliphatic rings. The number of nitrogens with zero attached hydrogens (tertiary/aromatic N) is 1. The Morgan fingerprint density at radius 3 is 1.97 bits per heavy atom. The van der Waals surface area contributed by atoms with Crippen molar-refractivity contribution in [3.63, 3.8) is 0 Å². The fraction of sp³-hybridized carbons (Fsp3) is 0.360. The van der Waals surface area contributed by atoms with Crippen LogP contribution in [0.5, 0.6) is 0 Å². The zero-order chi connectivity index (χ0) is 26.0. The summed E-state index contributed by atoms with van der Waals surface area (Å²) in [5.41, 5.74) is 3.22. The molecule has 10 heteroatoms. The number of carbonyl (C=O) groups is 4. The molecule has 0 aliphatic heterocycles. The second kappa shape index (κ2) is 12.4. The van der Waals surface area contributed by atoms with Crippen LogP contribution in [0.2, 0.25) is 0 Å². The predicted molar refractivity (Wildman–Crippen MR) is 129 cm³/mol. The Bertz CT molecular complexity index is 1010. The molecule has 0 spiro atoms. The zero-order valence-electron chi connectivity index (χ0n) is 20.3. The number of hydrogen-bond donors (Lipinski definition) is 4. The van der Waals surface area contributed by atoms with E-state index in [-0.39, 0.29) is 13.0 Å². The number of carboxylic acids is 1. The van der Waals surface area contributed by atoms with Crippen molar-refractivity contribution in [2.24, 2.45) is 0 Å². The van der Waals surface area contributed by atoms with Gasteiger partial charge in [0.25, 0.3) is 5.91 Å². The molecule has 35 heavy (non-hydrogen) atoms. The Morgan fingerprint density at radius 2 is 1.46 bits per heavy atom. The van der Waals surface area contributed by atoms with Crippen LogP contribution in [0.3, 0.4) is 0 Å². The van der Waals surface area contributed by atoms with Crippen LogP contribution in [0.4, 0.5) is 9.59 Å². The third kappa shape index (κ3) is 9.75. The van der Waals surface area contributed by atoms with Crippen molar-refractivity contribution in [2.45, 2.75) is 58.3 Å². The third-order valence-corrected chi connectivity index (χ3v) is 4.67. The number of rotatable bonds is 8. The summed E-state index contributed by atoms with van der Waals surface area (Å²) in [6, 6.07) is 14.8. The molecule has 2 aromatic rings. The van der Waals surface area contributed by atoms with E-state index in [0.717, 1.165) is 10.6 Å². The Labute approximate surface area is 204 Å². The summed E-state index contributed by atoms with van der Waals surface area (Å²) in [5.74, 6) is -1.90. The van der Waals surface area contributed by atoms with Crippen molar-refractivity contribution in [2.75, 3.05) is 0 Å². The summed E-state index contributed by atoms with van der Waals surface area (Å²) in [4.78, 5) is 49.7. The van der Waals surface area contributed by atoms with Gasteiger partial charge in [-0.1, -0.05) is 60.7 Å². The number of hydrogen-bond acceptors (Lipinski definition) is 5. The van der Waals surface area contributed by atoms with Crippen molar-refractivity contribution < 1.29 is 29.0 Å². The molecule has 0 radical (unpaired) electrons. The number of carbonyl (C=O) groups excluding carboxylic acids is 3. The minimum atomic E-state index is -1.22. The van der Waals surface area contributed by atoms with Crippen LogP contribution in [0.1, 0.15) is 38.8 Å². The SMILES string of the molecule is C[C@H](NC(=O)N(Cc1ccccc1)NC(=O)[C@H](Cc1ccccc1)NC(=O)OC(C)(C)C)C(=O)O. The second-order valence-electron chi connectivity index (χ2n) is 8.95. The number of benzene rings is 2. The molecule has 4 N–H and O–H groups in total. The Hall–Kier alpha value is -4.08. The van der Waals surface area contributed by atoms with Gasteiger partial charge in [0.05, 0.1) is 6.54 Å². The molecule has 0 aromatic heterocycles.